The Kier molecular flexibility index (Phi) is 6.40. The van der Waals surface area contributed by atoms with Crippen LogP contribution in [0, 0.1) is 0 Å². The standard InChI is InChI=1S/C26H24N2O5/c1-16(25(31)28-18-8-6-7-17(13-18)14-24(29)30)27-26(32)33-15-23-21-11-4-2-9-19(21)20-10-3-5-12-22(20)23/h2-13,16,23H,14-15H2,1H3,(H,27,32)(H,28,31)(H,29,30). The lowest BCUT2D eigenvalue weighted by atomic mass is 9.98. The average Bonchev–Trinajstić information content (AvgIpc) is 3.11. The van der Waals surface area contributed by atoms with Crippen LogP contribution in [0.15, 0.2) is 72.8 Å². The van der Waals surface area contributed by atoms with E-state index in [1.165, 1.54) is 0 Å². The molecule has 3 aromatic rings. The number of ether oxygens (including phenoxy) is 1. The summed E-state index contributed by atoms with van der Waals surface area (Å²) in [6, 6.07) is 21.8. The number of hydrogen-bond acceptors (Lipinski definition) is 4. The molecule has 0 spiro atoms. The van der Waals surface area contributed by atoms with Gasteiger partial charge in [-0.3, -0.25) is 9.59 Å². The first kappa shape index (κ1) is 22.1. The molecule has 0 aromatic heterocycles. The molecule has 1 aliphatic rings. The summed E-state index contributed by atoms with van der Waals surface area (Å²) in [5.41, 5.74) is 5.52. The molecule has 1 unspecified atom stereocenters. The first-order valence-electron chi connectivity index (χ1n) is 10.7. The van der Waals surface area contributed by atoms with Crippen molar-refractivity contribution in [3.05, 3.63) is 89.5 Å². The van der Waals surface area contributed by atoms with Crippen molar-refractivity contribution in [1.29, 1.82) is 0 Å². The summed E-state index contributed by atoms with van der Waals surface area (Å²) in [6.45, 7) is 1.71. The van der Waals surface area contributed by atoms with Gasteiger partial charge in [0.05, 0.1) is 6.42 Å². The van der Waals surface area contributed by atoms with Crippen molar-refractivity contribution in [2.45, 2.75) is 25.3 Å². The summed E-state index contributed by atoms with van der Waals surface area (Å²) in [5.74, 6) is -1.45. The van der Waals surface area contributed by atoms with E-state index in [9.17, 15) is 14.4 Å². The van der Waals surface area contributed by atoms with Crippen LogP contribution < -0.4 is 10.6 Å². The summed E-state index contributed by atoms with van der Waals surface area (Å²) in [7, 11) is 0. The summed E-state index contributed by atoms with van der Waals surface area (Å²) >= 11 is 0. The zero-order valence-corrected chi connectivity index (χ0v) is 18.1. The van der Waals surface area contributed by atoms with Gasteiger partial charge in [0.25, 0.3) is 0 Å². The SMILES string of the molecule is CC(NC(=O)OCC1c2ccccc2-c2ccccc21)C(=O)Nc1cccc(CC(=O)O)c1. The van der Waals surface area contributed by atoms with Crippen LogP contribution in [-0.2, 0) is 20.7 Å². The quantitative estimate of drug-likeness (QED) is 0.507. The number of carbonyl (C=O) groups is 3. The van der Waals surface area contributed by atoms with Gasteiger partial charge >= 0.3 is 12.1 Å². The highest BCUT2D eigenvalue weighted by molar-refractivity contribution is 5.96. The van der Waals surface area contributed by atoms with E-state index in [0.717, 1.165) is 22.3 Å². The van der Waals surface area contributed by atoms with E-state index >= 15 is 0 Å². The lowest BCUT2D eigenvalue weighted by Crippen LogP contribution is -2.42. The Morgan fingerprint density at radius 1 is 0.939 bits per heavy atom. The fourth-order valence-electron chi connectivity index (χ4n) is 4.07. The van der Waals surface area contributed by atoms with Crippen LogP contribution >= 0.6 is 0 Å². The minimum absolute atomic E-state index is 0.0655. The van der Waals surface area contributed by atoms with Crippen molar-refractivity contribution in [3.63, 3.8) is 0 Å². The number of rotatable bonds is 7. The number of anilines is 1. The van der Waals surface area contributed by atoms with Crippen LogP contribution in [0.4, 0.5) is 10.5 Å². The third-order valence-electron chi connectivity index (χ3n) is 5.62. The van der Waals surface area contributed by atoms with Gasteiger partial charge in [-0.05, 0) is 46.9 Å². The molecule has 7 nitrogen and oxygen atoms in total. The Balaban J connectivity index is 1.34. The van der Waals surface area contributed by atoms with Crippen molar-refractivity contribution in [2.24, 2.45) is 0 Å². The van der Waals surface area contributed by atoms with Crippen molar-refractivity contribution < 1.29 is 24.2 Å². The highest BCUT2D eigenvalue weighted by Gasteiger charge is 2.29. The number of fused-ring (bicyclic) bond motifs is 3. The molecule has 0 aliphatic heterocycles. The Morgan fingerprint density at radius 2 is 1.58 bits per heavy atom. The molecule has 7 heteroatoms. The van der Waals surface area contributed by atoms with Crippen LogP contribution in [0.1, 0.15) is 29.5 Å². The second-order valence-electron chi connectivity index (χ2n) is 7.95. The van der Waals surface area contributed by atoms with E-state index in [1.807, 2.05) is 36.4 Å². The number of alkyl carbamates (subject to hydrolysis) is 1. The highest BCUT2D eigenvalue weighted by atomic mass is 16.5. The van der Waals surface area contributed by atoms with E-state index in [1.54, 1.807) is 31.2 Å². The molecule has 33 heavy (non-hydrogen) atoms. The maximum atomic E-state index is 12.5. The van der Waals surface area contributed by atoms with Crippen LogP contribution in [0.2, 0.25) is 0 Å². The average molecular weight is 444 g/mol. The smallest absolute Gasteiger partial charge is 0.407 e. The predicted molar refractivity (Wildman–Crippen MR) is 124 cm³/mol. The Bertz CT molecular complexity index is 1160. The number of carboxylic acids is 1. The van der Waals surface area contributed by atoms with Crippen LogP contribution in [-0.4, -0.2) is 35.7 Å². The van der Waals surface area contributed by atoms with E-state index < -0.39 is 24.0 Å². The zero-order chi connectivity index (χ0) is 23.4. The second-order valence-corrected chi connectivity index (χ2v) is 7.95. The van der Waals surface area contributed by atoms with Gasteiger partial charge in [0, 0.05) is 11.6 Å². The lowest BCUT2D eigenvalue weighted by molar-refractivity contribution is -0.136. The second kappa shape index (κ2) is 9.56. The highest BCUT2D eigenvalue weighted by Crippen LogP contribution is 2.44. The maximum absolute atomic E-state index is 12.5. The number of hydrogen-bond donors (Lipinski definition) is 3. The van der Waals surface area contributed by atoms with E-state index in [4.69, 9.17) is 9.84 Å². The minimum Gasteiger partial charge on any atom is -0.481 e. The van der Waals surface area contributed by atoms with Crippen LogP contribution in [0.5, 0.6) is 0 Å². The number of aliphatic carboxylic acids is 1. The van der Waals surface area contributed by atoms with Gasteiger partial charge in [0.1, 0.15) is 12.6 Å². The lowest BCUT2D eigenvalue weighted by Gasteiger charge is -2.17. The first-order valence-corrected chi connectivity index (χ1v) is 10.7. The molecule has 4 rings (SSSR count). The number of nitrogens with one attached hydrogen (secondary N) is 2. The van der Waals surface area contributed by atoms with Crippen molar-refractivity contribution in [2.75, 3.05) is 11.9 Å². The molecule has 0 fully saturated rings. The number of amides is 2. The van der Waals surface area contributed by atoms with Crippen molar-refractivity contribution in [3.8, 4) is 11.1 Å². The summed E-state index contributed by atoms with van der Waals surface area (Å²) in [4.78, 5) is 35.7. The van der Waals surface area contributed by atoms with Crippen LogP contribution in [0.3, 0.4) is 0 Å². The molecule has 2 amide bonds. The topological polar surface area (TPSA) is 105 Å². The molecule has 0 saturated heterocycles. The zero-order valence-electron chi connectivity index (χ0n) is 18.1. The molecule has 1 atom stereocenters. The molecule has 168 valence electrons. The van der Waals surface area contributed by atoms with Gasteiger partial charge < -0.3 is 20.5 Å². The van der Waals surface area contributed by atoms with E-state index in [-0.39, 0.29) is 18.9 Å². The number of carbonyl (C=O) groups excluding carboxylic acids is 2. The predicted octanol–water partition coefficient (Wildman–Crippen LogP) is 4.18. The van der Waals surface area contributed by atoms with Crippen LogP contribution in [0.25, 0.3) is 11.1 Å². The van der Waals surface area contributed by atoms with Gasteiger partial charge in [0.15, 0.2) is 0 Å². The summed E-state index contributed by atoms with van der Waals surface area (Å²) in [5, 5.41) is 14.1. The van der Waals surface area contributed by atoms with Gasteiger partial charge in [-0.25, -0.2) is 4.79 Å². The number of carboxylic acid groups (broad SMARTS) is 1. The molecule has 3 aromatic carbocycles. The summed E-state index contributed by atoms with van der Waals surface area (Å²) < 4.78 is 5.48. The Morgan fingerprint density at radius 3 is 2.21 bits per heavy atom. The van der Waals surface area contributed by atoms with E-state index in [0.29, 0.717) is 11.3 Å². The van der Waals surface area contributed by atoms with Gasteiger partial charge in [-0.2, -0.15) is 0 Å². The Labute approximate surface area is 191 Å². The normalized spacial score (nSPS) is 12.9. The molecule has 0 saturated carbocycles. The Hall–Kier alpha value is -4.13. The largest absolute Gasteiger partial charge is 0.481 e. The molecule has 1 aliphatic carbocycles. The molecule has 3 N–H and O–H groups in total. The third-order valence-corrected chi connectivity index (χ3v) is 5.62. The molecular weight excluding hydrogens is 420 g/mol. The monoisotopic (exact) mass is 444 g/mol. The molecule has 0 bridgehead atoms. The van der Waals surface area contributed by atoms with Crippen molar-refractivity contribution in [1.82, 2.24) is 5.32 Å². The minimum atomic E-state index is -0.955. The van der Waals surface area contributed by atoms with Gasteiger partial charge in [-0.1, -0.05) is 60.7 Å². The molecule has 0 heterocycles. The molecule has 0 radical (unpaired) electrons. The van der Waals surface area contributed by atoms with Gasteiger partial charge in [-0.15, -0.1) is 0 Å². The molecular formula is C26H24N2O5. The van der Waals surface area contributed by atoms with Crippen molar-refractivity contribution >= 4 is 23.7 Å². The fraction of sp³-hybridized carbons (Fsp3) is 0.192. The maximum Gasteiger partial charge on any atom is 0.407 e. The van der Waals surface area contributed by atoms with Gasteiger partial charge in [0.2, 0.25) is 5.91 Å². The number of benzene rings is 3. The van der Waals surface area contributed by atoms with E-state index in [2.05, 4.69) is 22.8 Å². The first-order chi connectivity index (χ1) is 15.9. The summed E-state index contributed by atoms with van der Waals surface area (Å²) in [6.07, 6.45) is -0.823. The fourth-order valence-corrected chi connectivity index (χ4v) is 4.07. The third kappa shape index (κ3) is 5.03.